The maximum Gasteiger partial charge on any atom is 0.274 e. The van der Waals surface area contributed by atoms with Crippen LogP contribution in [0.4, 0.5) is 0 Å². The van der Waals surface area contributed by atoms with Crippen molar-refractivity contribution in [3.8, 4) is 5.75 Å². The normalized spacial score (nSPS) is 13.3. The number of fused-ring (bicyclic) bond motifs is 1. The maximum atomic E-state index is 12.7. The van der Waals surface area contributed by atoms with Crippen molar-refractivity contribution in [3.63, 3.8) is 0 Å². The third kappa shape index (κ3) is 3.44. The molecule has 5 nitrogen and oxygen atoms in total. The van der Waals surface area contributed by atoms with Crippen LogP contribution in [-0.2, 0) is 19.7 Å². The number of carbonyl (C=O) groups is 1. The van der Waals surface area contributed by atoms with Crippen molar-refractivity contribution < 1.29 is 9.53 Å². The first-order valence-corrected chi connectivity index (χ1v) is 8.85. The van der Waals surface area contributed by atoms with Crippen LogP contribution in [0, 0.1) is 0 Å². The Labute approximate surface area is 156 Å². The van der Waals surface area contributed by atoms with E-state index in [-0.39, 0.29) is 12.6 Å². The molecular weight excluding hydrogens is 350 g/mol. The fourth-order valence-corrected chi connectivity index (χ4v) is 3.27. The molecule has 0 unspecified atom stereocenters. The molecule has 0 saturated carbocycles. The first-order chi connectivity index (χ1) is 12.7. The van der Waals surface area contributed by atoms with Gasteiger partial charge in [-0.25, -0.2) is 4.68 Å². The van der Waals surface area contributed by atoms with Crippen molar-refractivity contribution in [3.05, 3.63) is 82.6 Å². The molecule has 1 aromatic heterocycles. The Morgan fingerprint density at radius 1 is 1.08 bits per heavy atom. The third-order valence-corrected chi connectivity index (χ3v) is 4.78. The van der Waals surface area contributed by atoms with Gasteiger partial charge in [-0.3, -0.25) is 4.79 Å². The zero-order valence-corrected chi connectivity index (χ0v) is 14.9. The van der Waals surface area contributed by atoms with E-state index in [0.717, 1.165) is 6.42 Å². The number of amides is 1. The quantitative estimate of drug-likeness (QED) is 0.705. The summed E-state index contributed by atoms with van der Waals surface area (Å²) in [6.45, 7) is 1.52. The van der Waals surface area contributed by atoms with E-state index >= 15 is 0 Å². The van der Waals surface area contributed by atoms with Crippen LogP contribution in [0.1, 0.15) is 21.6 Å². The Bertz CT molecular complexity index is 938. The van der Waals surface area contributed by atoms with Crippen molar-refractivity contribution in [1.29, 1.82) is 0 Å². The molecule has 0 aliphatic carbocycles. The number of hydrogen-bond donors (Lipinski definition) is 0. The lowest BCUT2D eigenvalue weighted by Gasteiger charge is -2.28. The van der Waals surface area contributed by atoms with Gasteiger partial charge in [0.2, 0.25) is 0 Å². The summed E-state index contributed by atoms with van der Waals surface area (Å²) in [5, 5.41) is 4.89. The summed E-state index contributed by atoms with van der Waals surface area (Å²) in [5.41, 5.74) is 2.94. The van der Waals surface area contributed by atoms with E-state index in [1.54, 1.807) is 29.1 Å². The number of rotatable bonds is 4. The van der Waals surface area contributed by atoms with Gasteiger partial charge in [-0.05, 0) is 35.7 Å². The second-order valence-corrected chi connectivity index (χ2v) is 6.60. The standard InChI is InChI=1S/C20H18ClN3O2/c21-17-7-3-4-8-19(17)26-14-24-12-10-18(22-24)20(25)23-11-9-15-5-1-2-6-16(15)13-23/h1-8,10,12H,9,11,13-14H2. The molecule has 0 saturated heterocycles. The predicted molar refractivity (Wildman–Crippen MR) is 99.2 cm³/mol. The summed E-state index contributed by atoms with van der Waals surface area (Å²) >= 11 is 6.07. The molecule has 0 N–H and O–H groups in total. The molecule has 1 aliphatic rings. The number of halogens is 1. The Balaban J connectivity index is 1.41. The number of hydrogen-bond acceptors (Lipinski definition) is 3. The fourth-order valence-electron chi connectivity index (χ4n) is 3.08. The molecule has 1 aliphatic heterocycles. The lowest BCUT2D eigenvalue weighted by molar-refractivity contribution is 0.0726. The molecule has 132 valence electrons. The van der Waals surface area contributed by atoms with Gasteiger partial charge in [0.05, 0.1) is 5.02 Å². The van der Waals surface area contributed by atoms with Crippen molar-refractivity contribution >= 4 is 17.5 Å². The Kier molecular flexibility index (Phi) is 4.63. The zero-order chi connectivity index (χ0) is 17.9. The summed E-state index contributed by atoms with van der Waals surface area (Å²) in [6, 6.07) is 17.2. The van der Waals surface area contributed by atoms with Gasteiger partial charge in [-0.1, -0.05) is 48.0 Å². The molecule has 0 atom stereocenters. The van der Waals surface area contributed by atoms with Gasteiger partial charge in [-0.2, -0.15) is 5.10 Å². The molecule has 6 heteroatoms. The van der Waals surface area contributed by atoms with Gasteiger partial charge in [0, 0.05) is 19.3 Å². The van der Waals surface area contributed by atoms with E-state index in [1.807, 2.05) is 29.2 Å². The first kappa shape index (κ1) is 16.7. The smallest absolute Gasteiger partial charge is 0.274 e. The molecule has 3 aromatic rings. The predicted octanol–water partition coefficient (Wildman–Crippen LogP) is 3.77. The Morgan fingerprint density at radius 2 is 1.85 bits per heavy atom. The van der Waals surface area contributed by atoms with Crippen molar-refractivity contribution in [2.24, 2.45) is 0 Å². The summed E-state index contributed by atoms with van der Waals surface area (Å²) < 4.78 is 7.24. The number of benzene rings is 2. The van der Waals surface area contributed by atoms with Crippen LogP contribution in [0.25, 0.3) is 0 Å². The van der Waals surface area contributed by atoms with Crippen LogP contribution in [-0.4, -0.2) is 27.1 Å². The average molecular weight is 368 g/mol. The Hall–Kier alpha value is -2.79. The zero-order valence-electron chi connectivity index (χ0n) is 14.1. The van der Waals surface area contributed by atoms with Crippen LogP contribution in [0.5, 0.6) is 5.75 Å². The number of aromatic nitrogens is 2. The highest BCUT2D eigenvalue weighted by Crippen LogP contribution is 2.23. The van der Waals surface area contributed by atoms with Crippen LogP contribution >= 0.6 is 11.6 Å². The SMILES string of the molecule is O=C(c1ccn(COc2ccccc2Cl)n1)N1CCc2ccccc2C1. The van der Waals surface area contributed by atoms with Crippen molar-refractivity contribution in [2.45, 2.75) is 19.7 Å². The Morgan fingerprint density at radius 3 is 2.69 bits per heavy atom. The van der Waals surface area contributed by atoms with Gasteiger partial charge in [0.15, 0.2) is 12.4 Å². The molecule has 2 heterocycles. The van der Waals surface area contributed by atoms with Crippen LogP contribution < -0.4 is 4.74 Å². The van der Waals surface area contributed by atoms with Gasteiger partial charge in [0.1, 0.15) is 5.75 Å². The van der Waals surface area contributed by atoms with Gasteiger partial charge in [0.25, 0.3) is 5.91 Å². The van der Waals surface area contributed by atoms with Gasteiger partial charge in [-0.15, -0.1) is 0 Å². The van der Waals surface area contributed by atoms with Crippen LogP contribution in [0.3, 0.4) is 0 Å². The topological polar surface area (TPSA) is 47.4 Å². The first-order valence-electron chi connectivity index (χ1n) is 8.47. The minimum atomic E-state index is -0.0593. The highest BCUT2D eigenvalue weighted by atomic mass is 35.5. The molecule has 2 aromatic carbocycles. The molecule has 0 bridgehead atoms. The van der Waals surface area contributed by atoms with E-state index in [2.05, 4.69) is 17.2 Å². The number of nitrogens with zero attached hydrogens (tertiary/aromatic N) is 3. The third-order valence-electron chi connectivity index (χ3n) is 4.47. The van der Waals surface area contributed by atoms with Gasteiger partial charge >= 0.3 is 0 Å². The monoisotopic (exact) mass is 367 g/mol. The summed E-state index contributed by atoms with van der Waals surface area (Å²) in [5.74, 6) is 0.529. The van der Waals surface area contributed by atoms with E-state index in [9.17, 15) is 4.79 Å². The van der Waals surface area contributed by atoms with E-state index < -0.39 is 0 Å². The van der Waals surface area contributed by atoms with E-state index in [0.29, 0.717) is 29.6 Å². The molecule has 1 amide bonds. The molecule has 0 fully saturated rings. The lowest BCUT2D eigenvalue weighted by Crippen LogP contribution is -2.36. The number of para-hydroxylation sites is 1. The van der Waals surface area contributed by atoms with Crippen LogP contribution in [0.2, 0.25) is 5.02 Å². The highest BCUT2D eigenvalue weighted by molar-refractivity contribution is 6.32. The van der Waals surface area contributed by atoms with Crippen LogP contribution in [0.15, 0.2) is 60.8 Å². The second-order valence-electron chi connectivity index (χ2n) is 6.19. The van der Waals surface area contributed by atoms with E-state index in [4.69, 9.17) is 16.3 Å². The molecule has 26 heavy (non-hydrogen) atoms. The molecule has 0 radical (unpaired) electrons. The minimum absolute atomic E-state index is 0.0593. The lowest BCUT2D eigenvalue weighted by atomic mass is 10.00. The average Bonchev–Trinajstić information content (AvgIpc) is 3.15. The largest absolute Gasteiger partial charge is 0.470 e. The number of carbonyl (C=O) groups excluding carboxylic acids is 1. The maximum absolute atomic E-state index is 12.7. The highest BCUT2D eigenvalue weighted by Gasteiger charge is 2.23. The van der Waals surface area contributed by atoms with Gasteiger partial charge < -0.3 is 9.64 Å². The number of ether oxygens (including phenoxy) is 1. The minimum Gasteiger partial charge on any atom is -0.470 e. The van der Waals surface area contributed by atoms with Crippen molar-refractivity contribution in [2.75, 3.05) is 6.54 Å². The molecule has 4 rings (SSSR count). The summed E-state index contributed by atoms with van der Waals surface area (Å²) in [6.07, 6.45) is 2.61. The summed E-state index contributed by atoms with van der Waals surface area (Å²) in [4.78, 5) is 14.6. The second kappa shape index (κ2) is 7.22. The molecule has 0 spiro atoms. The van der Waals surface area contributed by atoms with Crippen molar-refractivity contribution in [1.82, 2.24) is 14.7 Å². The van der Waals surface area contributed by atoms with E-state index in [1.165, 1.54) is 11.1 Å². The summed E-state index contributed by atoms with van der Waals surface area (Å²) in [7, 11) is 0. The fraction of sp³-hybridized carbons (Fsp3) is 0.200. The molecular formula is C20H18ClN3O2.